The van der Waals surface area contributed by atoms with Gasteiger partial charge < -0.3 is 4.74 Å². The van der Waals surface area contributed by atoms with Crippen molar-refractivity contribution in [3.8, 4) is 0 Å². The molecular formula is C15H25NO2. The Hall–Kier alpha value is -0.570. The Labute approximate surface area is 110 Å². The molecule has 102 valence electrons. The average molecular weight is 251 g/mol. The van der Waals surface area contributed by atoms with Gasteiger partial charge in [0.1, 0.15) is 6.04 Å². The van der Waals surface area contributed by atoms with Crippen LogP contribution in [0, 0.1) is 11.3 Å². The molecule has 0 amide bonds. The lowest BCUT2D eigenvalue weighted by atomic mass is 9.76. The van der Waals surface area contributed by atoms with E-state index in [-0.39, 0.29) is 12.0 Å². The van der Waals surface area contributed by atoms with E-state index < -0.39 is 0 Å². The Morgan fingerprint density at radius 2 is 1.78 bits per heavy atom. The summed E-state index contributed by atoms with van der Waals surface area (Å²) in [5.74, 6) is 0.579. The van der Waals surface area contributed by atoms with Gasteiger partial charge in [0.15, 0.2) is 0 Å². The molecule has 3 aliphatic rings. The highest BCUT2D eigenvalue weighted by Crippen LogP contribution is 2.47. The molecule has 0 aromatic heterocycles. The van der Waals surface area contributed by atoms with E-state index >= 15 is 0 Å². The monoisotopic (exact) mass is 251 g/mol. The van der Waals surface area contributed by atoms with Gasteiger partial charge >= 0.3 is 5.97 Å². The normalized spacial score (nSPS) is 29.4. The van der Waals surface area contributed by atoms with Crippen LogP contribution in [0.2, 0.25) is 0 Å². The van der Waals surface area contributed by atoms with Crippen LogP contribution in [0.25, 0.3) is 0 Å². The van der Waals surface area contributed by atoms with Gasteiger partial charge in [-0.1, -0.05) is 12.8 Å². The molecule has 3 rings (SSSR count). The third kappa shape index (κ3) is 2.29. The van der Waals surface area contributed by atoms with E-state index in [1.54, 1.807) is 0 Å². The molecule has 1 atom stereocenters. The third-order valence-corrected chi connectivity index (χ3v) is 5.43. The second-order valence-electron chi connectivity index (χ2n) is 6.55. The summed E-state index contributed by atoms with van der Waals surface area (Å²) in [5, 5.41) is 0. The number of piperidine rings is 1. The minimum atomic E-state index is -0.000119. The molecule has 0 aromatic carbocycles. The summed E-state index contributed by atoms with van der Waals surface area (Å²) in [5.41, 5.74) is 0.640. The molecule has 0 bridgehead atoms. The number of hydrogen-bond donors (Lipinski definition) is 0. The fourth-order valence-corrected chi connectivity index (χ4v) is 4.07. The summed E-state index contributed by atoms with van der Waals surface area (Å²) >= 11 is 0. The van der Waals surface area contributed by atoms with Crippen molar-refractivity contribution in [2.45, 2.75) is 57.4 Å². The van der Waals surface area contributed by atoms with Crippen molar-refractivity contribution >= 4 is 5.97 Å². The van der Waals surface area contributed by atoms with Crippen LogP contribution >= 0.6 is 0 Å². The van der Waals surface area contributed by atoms with Crippen LogP contribution < -0.4 is 0 Å². The average Bonchev–Trinajstić information content (AvgIpc) is 3.13. The first kappa shape index (κ1) is 12.5. The zero-order chi connectivity index (χ0) is 12.6. The molecule has 0 radical (unpaired) electrons. The van der Waals surface area contributed by atoms with E-state index in [0.29, 0.717) is 11.3 Å². The van der Waals surface area contributed by atoms with Gasteiger partial charge in [-0.05, 0) is 62.9 Å². The maximum absolute atomic E-state index is 11.9. The summed E-state index contributed by atoms with van der Waals surface area (Å²) < 4.78 is 5.00. The van der Waals surface area contributed by atoms with Gasteiger partial charge in [0, 0.05) is 0 Å². The zero-order valence-electron chi connectivity index (χ0n) is 11.5. The highest BCUT2D eigenvalue weighted by atomic mass is 16.5. The Balaban J connectivity index is 1.61. The highest BCUT2D eigenvalue weighted by molar-refractivity contribution is 5.76. The van der Waals surface area contributed by atoms with Crippen LogP contribution in [0.4, 0.5) is 0 Å². The van der Waals surface area contributed by atoms with Gasteiger partial charge in [-0.3, -0.25) is 9.69 Å². The number of likely N-dealkylation sites (tertiary alicyclic amines) is 1. The van der Waals surface area contributed by atoms with Gasteiger partial charge in [0.2, 0.25) is 0 Å². The van der Waals surface area contributed by atoms with Crippen molar-refractivity contribution < 1.29 is 9.53 Å². The lowest BCUT2D eigenvalue weighted by Crippen LogP contribution is -2.49. The Morgan fingerprint density at radius 1 is 1.17 bits per heavy atom. The fraction of sp³-hybridized carbons (Fsp3) is 0.933. The summed E-state index contributed by atoms with van der Waals surface area (Å²) in [6.45, 7) is 2.21. The van der Waals surface area contributed by atoms with E-state index in [2.05, 4.69) is 4.90 Å². The molecule has 1 aliphatic heterocycles. The quantitative estimate of drug-likeness (QED) is 0.722. The molecule has 1 saturated heterocycles. The molecule has 0 N–H and O–H groups in total. The fourth-order valence-electron chi connectivity index (χ4n) is 4.07. The van der Waals surface area contributed by atoms with Crippen molar-refractivity contribution in [2.24, 2.45) is 11.3 Å². The molecular weight excluding hydrogens is 226 g/mol. The molecule has 3 heteroatoms. The molecule has 3 fully saturated rings. The van der Waals surface area contributed by atoms with E-state index in [1.807, 2.05) is 0 Å². The molecule has 1 heterocycles. The number of esters is 1. The number of hydrogen-bond acceptors (Lipinski definition) is 3. The minimum Gasteiger partial charge on any atom is -0.468 e. The molecule has 3 nitrogen and oxygen atoms in total. The van der Waals surface area contributed by atoms with Gasteiger partial charge in [-0.2, -0.15) is 0 Å². The number of carbonyl (C=O) groups is 1. The predicted molar refractivity (Wildman–Crippen MR) is 70.2 cm³/mol. The smallest absolute Gasteiger partial charge is 0.323 e. The van der Waals surface area contributed by atoms with Crippen molar-refractivity contribution in [3.05, 3.63) is 0 Å². The Morgan fingerprint density at radius 3 is 2.28 bits per heavy atom. The van der Waals surface area contributed by atoms with Crippen LogP contribution in [0.1, 0.15) is 51.4 Å². The van der Waals surface area contributed by atoms with Crippen LogP contribution in [-0.2, 0) is 9.53 Å². The second kappa shape index (κ2) is 4.84. The van der Waals surface area contributed by atoms with Crippen molar-refractivity contribution in [1.29, 1.82) is 0 Å². The summed E-state index contributed by atoms with van der Waals surface area (Å²) in [7, 11) is 1.53. The van der Waals surface area contributed by atoms with E-state index in [0.717, 1.165) is 13.1 Å². The van der Waals surface area contributed by atoms with Crippen LogP contribution in [0.5, 0.6) is 0 Å². The SMILES string of the molecule is COC(=O)C(C1CC1)N1CCC2(CCCC2)CC1. The zero-order valence-corrected chi connectivity index (χ0v) is 11.5. The molecule has 2 aliphatic carbocycles. The van der Waals surface area contributed by atoms with Crippen LogP contribution in [0.15, 0.2) is 0 Å². The first-order chi connectivity index (χ1) is 8.74. The maximum atomic E-state index is 11.9. The van der Waals surface area contributed by atoms with Gasteiger partial charge in [-0.25, -0.2) is 0 Å². The third-order valence-electron chi connectivity index (χ3n) is 5.43. The second-order valence-corrected chi connectivity index (χ2v) is 6.55. The summed E-state index contributed by atoms with van der Waals surface area (Å²) in [4.78, 5) is 14.4. The minimum absolute atomic E-state index is 0.000119. The van der Waals surface area contributed by atoms with E-state index in [9.17, 15) is 4.79 Å². The Bertz CT molecular complexity index is 308. The predicted octanol–water partition coefficient (Wildman–Crippen LogP) is 2.59. The van der Waals surface area contributed by atoms with Gasteiger partial charge in [0.25, 0.3) is 0 Å². The molecule has 0 aromatic rings. The lowest BCUT2D eigenvalue weighted by molar-refractivity contribution is -0.149. The molecule has 1 unspecified atom stereocenters. The largest absolute Gasteiger partial charge is 0.468 e. The first-order valence-electron chi connectivity index (χ1n) is 7.56. The number of carbonyl (C=O) groups excluding carboxylic acids is 1. The lowest BCUT2D eigenvalue weighted by Gasteiger charge is -2.42. The van der Waals surface area contributed by atoms with Crippen LogP contribution in [-0.4, -0.2) is 37.1 Å². The first-order valence-corrected chi connectivity index (χ1v) is 7.56. The Kier molecular flexibility index (Phi) is 3.35. The number of rotatable bonds is 3. The summed E-state index contributed by atoms with van der Waals surface area (Å²) in [6.07, 6.45) is 10.7. The molecule has 2 saturated carbocycles. The number of ether oxygens (including phenoxy) is 1. The number of methoxy groups -OCH3 is 1. The maximum Gasteiger partial charge on any atom is 0.323 e. The molecule has 18 heavy (non-hydrogen) atoms. The van der Waals surface area contributed by atoms with Crippen molar-refractivity contribution in [1.82, 2.24) is 4.90 Å². The van der Waals surface area contributed by atoms with Crippen molar-refractivity contribution in [2.75, 3.05) is 20.2 Å². The highest BCUT2D eigenvalue weighted by Gasteiger charge is 2.45. The number of nitrogens with zero attached hydrogens (tertiary/aromatic N) is 1. The summed E-state index contributed by atoms with van der Waals surface area (Å²) in [6, 6.07) is 0.0637. The van der Waals surface area contributed by atoms with Gasteiger partial charge in [0.05, 0.1) is 7.11 Å². The van der Waals surface area contributed by atoms with Gasteiger partial charge in [-0.15, -0.1) is 0 Å². The topological polar surface area (TPSA) is 29.5 Å². The van der Waals surface area contributed by atoms with E-state index in [1.165, 1.54) is 58.5 Å². The molecule has 1 spiro atoms. The van der Waals surface area contributed by atoms with Crippen molar-refractivity contribution in [3.63, 3.8) is 0 Å². The standard InChI is InChI=1S/C15H25NO2/c1-18-14(17)13(12-4-5-12)16-10-8-15(9-11-16)6-2-3-7-15/h12-13H,2-11H2,1H3. The van der Waals surface area contributed by atoms with E-state index in [4.69, 9.17) is 4.74 Å². The van der Waals surface area contributed by atoms with Crippen LogP contribution in [0.3, 0.4) is 0 Å².